The number of hydrogen-bond acceptors (Lipinski definition) is 3. The minimum Gasteiger partial charge on any atom is -0.431 e. The Bertz CT molecular complexity index is 206. The van der Waals surface area contributed by atoms with E-state index in [1.807, 2.05) is 0 Å². The zero-order chi connectivity index (χ0) is 8.13. The van der Waals surface area contributed by atoms with Gasteiger partial charge in [-0.2, -0.15) is 0 Å². The van der Waals surface area contributed by atoms with Gasteiger partial charge in [0.25, 0.3) is 0 Å². The fourth-order valence-electron chi connectivity index (χ4n) is 3.07. The Morgan fingerprint density at radius 2 is 1.58 bits per heavy atom. The van der Waals surface area contributed by atoms with Crippen molar-refractivity contribution in [3.05, 3.63) is 0 Å². The van der Waals surface area contributed by atoms with E-state index < -0.39 is 6.16 Å². The minimum absolute atomic E-state index is 0.184. The van der Waals surface area contributed by atoms with Crippen molar-refractivity contribution in [1.29, 1.82) is 0 Å². The first-order chi connectivity index (χ1) is 5.84. The fraction of sp³-hybridized carbons (Fsp3) is 0.889. The van der Waals surface area contributed by atoms with Gasteiger partial charge >= 0.3 is 6.16 Å². The van der Waals surface area contributed by atoms with Gasteiger partial charge in [0.05, 0.1) is 0 Å². The third-order valence-corrected chi connectivity index (χ3v) is 3.54. The minimum atomic E-state index is -0.441. The normalized spacial score (nSPS) is 49.8. The van der Waals surface area contributed by atoms with Crippen molar-refractivity contribution in [2.45, 2.75) is 37.9 Å². The van der Waals surface area contributed by atoms with Crippen LogP contribution in [0.25, 0.3) is 0 Å². The smallest absolute Gasteiger partial charge is 0.431 e. The van der Waals surface area contributed by atoms with Crippen LogP contribution in [-0.2, 0) is 9.47 Å². The molecule has 3 heteroatoms. The lowest BCUT2D eigenvalue weighted by Crippen LogP contribution is -2.39. The Morgan fingerprint density at radius 1 is 1.00 bits per heavy atom. The van der Waals surface area contributed by atoms with Crippen LogP contribution in [0.3, 0.4) is 0 Å². The molecule has 0 amide bonds. The molecule has 3 fully saturated rings. The van der Waals surface area contributed by atoms with Crippen LogP contribution in [0.4, 0.5) is 4.79 Å². The summed E-state index contributed by atoms with van der Waals surface area (Å²) >= 11 is 0. The second-order valence-corrected chi connectivity index (χ2v) is 4.05. The van der Waals surface area contributed by atoms with E-state index in [1.165, 1.54) is 12.8 Å². The number of rotatable bonds is 0. The Morgan fingerprint density at radius 3 is 2.17 bits per heavy atom. The van der Waals surface area contributed by atoms with E-state index in [0.717, 1.165) is 18.8 Å². The number of carbonyl (C=O) groups excluding carboxylic acids is 1. The molecule has 0 aromatic heterocycles. The SMILES string of the molecule is O=C1O[C@H]2CCC3CC[C@@H](O1)C32. The molecular weight excluding hydrogens is 156 g/mol. The second kappa shape index (κ2) is 2.15. The Balaban J connectivity index is 1.90. The van der Waals surface area contributed by atoms with Crippen LogP contribution < -0.4 is 0 Å². The van der Waals surface area contributed by atoms with Gasteiger partial charge in [-0.05, 0) is 31.6 Å². The van der Waals surface area contributed by atoms with Crippen molar-refractivity contribution in [2.75, 3.05) is 0 Å². The Hall–Kier alpha value is -0.730. The lowest BCUT2D eigenvalue weighted by molar-refractivity contribution is -0.0825. The summed E-state index contributed by atoms with van der Waals surface area (Å²) in [7, 11) is 0. The maximum Gasteiger partial charge on any atom is 0.508 e. The first-order valence-electron chi connectivity index (χ1n) is 4.72. The van der Waals surface area contributed by atoms with Crippen molar-refractivity contribution in [1.82, 2.24) is 0 Å². The van der Waals surface area contributed by atoms with Gasteiger partial charge in [0.2, 0.25) is 0 Å². The van der Waals surface area contributed by atoms with Gasteiger partial charge < -0.3 is 9.47 Å². The van der Waals surface area contributed by atoms with Gasteiger partial charge in [0.1, 0.15) is 12.2 Å². The van der Waals surface area contributed by atoms with Crippen LogP contribution in [0.5, 0.6) is 0 Å². The third-order valence-electron chi connectivity index (χ3n) is 3.54. The molecule has 0 spiro atoms. The third kappa shape index (κ3) is 0.740. The molecule has 1 heterocycles. The zero-order valence-electron chi connectivity index (χ0n) is 6.86. The highest BCUT2D eigenvalue weighted by Gasteiger charge is 2.51. The van der Waals surface area contributed by atoms with Crippen LogP contribution in [0, 0.1) is 11.8 Å². The Labute approximate surface area is 71.0 Å². The summed E-state index contributed by atoms with van der Waals surface area (Å²) in [6, 6.07) is 0. The van der Waals surface area contributed by atoms with Gasteiger partial charge in [-0.15, -0.1) is 0 Å². The van der Waals surface area contributed by atoms with Gasteiger partial charge in [0.15, 0.2) is 0 Å². The van der Waals surface area contributed by atoms with E-state index in [0.29, 0.717) is 5.92 Å². The molecule has 2 unspecified atom stereocenters. The first-order valence-corrected chi connectivity index (χ1v) is 4.72. The van der Waals surface area contributed by atoms with Gasteiger partial charge in [0, 0.05) is 5.92 Å². The summed E-state index contributed by atoms with van der Waals surface area (Å²) in [4.78, 5) is 10.9. The molecule has 0 aromatic carbocycles. The summed E-state index contributed by atoms with van der Waals surface area (Å²) in [6.07, 6.45) is 4.49. The van der Waals surface area contributed by atoms with Gasteiger partial charge in [-0.25, -0.2) is 4.79 Å². The lowest BCUT2D eigenvalue weighted by atomic mass is 9.97. The van der Waals surface area contributed by atoms with E-state index in [1.54, 1.807) is 0 Å². The maximum atomic E-state index is 10.9. The van der Waals surface area contributed by atoms with E-state index in [9.17, 15) is 4.79 Å². The van der Waals surface area contributed by atoms with Crippen molar-refractivity contribution in [3.63, 3.8) is 0 Å². The van der Waals surface area contributed by atoms with Gasteiger partial charge in [-0.3, -0.25) is 0 Å². The van der Waals surface area contributed by atoms with E-state index >= 15 is 0 Å². The van der Waals surface area contributed by atoms with Crippen LogP contribution >= 0.6 is 0 Å². The predicted molar refractivity (Wildman–Crippen MR) is 40.6 cm³/mol. The Kier molecular flexibility index (Phi) is 1.21. The molecule has 1 saturated heterocycles. The quantitative estimate of drug-likeness (QED) is 0.516. The highest BCUT2D eigenvalue weighted by atomic mass is 16.7. The monoisotopic (exact) mass is 168 g/mol. The second-order valence-electron chi connectivity index (χ2n) is 4.05. The number of hydrogen-bond donors (Lipinski definition) is 0. The van der Waals surface area contributed by atoms with Crippen molar-refractivity contribution >= 4 is 6.16 Å². The summed E-state index contributed by atoms with van der Waals surface area (Å²) in [5, 5.41) is 0. The molecule has 0 radical (unpaired) electrons. The molecule has 0 bridgehead atoms. The molecule has 3 rings (SSSR count). The molecule has 3 aliphatic rings. The molecule has 1 aliphatic heterocycles. The van der Waals surface area contributed by atoms with E-state index in [4.69, 9.17) is 9.47 Å². The summed E-state index contributed by atoms with van der Waals surface area (Å²) in [5.41, 5.74) is 0. The average Bonchev–Trinajstić information content (AvgIpc) is 2.59. The molecule has 2 aliphatic carbocycles. The van der Waals surface area contributed by atoms with Crippen LogP contribution in [-0.4, -0.2) is 18.4 Å². The molecule has 2 saturated carbocycles. The largest absolute Gasteiger partial charge is 0.508 e. The van der Waals surface area contributed by atoms with Gasteiger partial charge in [-0.1, -0.05) is 0 Å². The average molecular weight is 168 g/mol. The molecule has 66 valence electrons. The molecule has 4 atom stereocenters. The van der Waals surface area contributed by atoms with Crippen LogP contribution in [0.1, 0.15) is 25.7 Å². The number of carbonyl (C=O) groups is 1. The summed E-state index contributed by atoms with van der Waals surface area (Å²) < 4.78 is 10.3. The maximum absolute atomic E-state index is 10.9. The lowest BCUT2D eigenvalue weighted by Gasteiger charge is -2.30. The summed E-state index contributed by atoms with van der Waals surface area (Å²) in [6.45, 7) is 0. The molecule has 3 nitrogen and oxygen atoms in total. The topological polar surface area (TPSA) is 35.5 Å². The van der Waals surface area contributed by atoms with Crippen molar-refractivity contribution in [3.8, 4) is 0 Å². The highest BCUT2D eigenvalue weighted by Crippen LogP contribution is 2.48. The predicted octanol–water partition coefficient (Wildman–Crippen LogP) is 1.71. The first kappa shape index (κ1) is 6.75. The molecular formula is C9H12O3. The fourth-order valence-corrected chi connectivity index (χ4v) is 3.07. The molecule has 12 heavy (non-hydrogen) atoms. The molecule has 0 aromatic rings. The van der Waals surface area contributed by atoms with E-state index in [2.05, 4.69) is 0 Å². The molecule has 0 N–H and O–H groups in total. The standard InChI is InChI=1S/C9H12O3/c10-9-11-6-3-1-5-2-4-7(12-9)8(5)6/h5-8H,1-4H2/t5?,6-,7+,8?. The zero-order valence-corrected chi connectivity index (χ0v) is 6.86. The van der Waals surface area contributed by atoms with E-state index in [-0.39, 0.29) is 12.2 Å². The van der Waals surface area contributed by atoms with Crippen molar-refractivity contribution < 1.29 is 14.3 Å². The van der Waals surface area contributed by atoms with Crippen molar-refractivity contribution in [2.24, 2.45) is 11.8 Å². The number of ether oxygens (including phenoxy) is 2. The van der Waals surface area contributed by atoms with Crippen LogP contribution in [0.15, 0.2) is 0 Å². The summed E-state index contributed by atoms with van der Waals surface area (Å²) in [5.74, 6) is 1.30. The van der Waals surface area contributed by atoms with Crippen LogP contribution in [0.2, 0.25) is 0 Å². The highest BCUT2D eigenvalue weighted by molar-refractivity contribution is 5.61.